The summed E-state index contributed by atoms with van der Waals surface area (Å²) in [4.78, 5) is 33.2. The van der Waals surface area contributed by atoms with Crippen LogP contribution in [0.3, 0.4) is 0 Å². The second-order valence-corrected chi connectivity index (χ2v) is 7.93. The van der Waals surface area contributed by atoms with Gasteiger partial charge in [-0.05, 0) is 25.0 Å². The Hall–Kier alpha value is -1.60. The average Bonchev–Trinajstić information content (AvgIpc) is 2.67. The molecule has 148 valence electrons. The maximum Gasteiger partial charge on any atom is 0.271 e. The molecule has 0 bridgehead atoms. The summed E-state index contributed by atoms with van der Waals surface area (Å²) in [7, 11) is 0. The summed E-state index contributed by atoms with van der Waals surface area (Å²) in [5, 5.41) is 6.47. The Labute approximate surface area is 181 Å². The van der Waals surface area contributed by atoms with Crippen molar-refractivity contribution in [3.05, 3.63) is 56.0 Å². The van der Waals surface area contributed by atoms with Crippen molar-refractivity contribution in [2.24, 2.45) is 0 Å². The van der Waals surface area contributed by atoms with Crippen molar-refractivity contribution in [3.8, 4) is 0 Å². The molecular formula is C18H16Cl4N4O2. The van der Waals surface area contributed by atoms with Crippen LogP contribution >= 0.6 is 46.4 Å². The largest absolute Gasteiger partial charge is 0.346 e. The molecule has 2 N–H and O–H groups in total. The number of nitrogens with zero attached hydrogens (tertiary/aromatic N) is 2. The lowest BCUT2D eigenvalue weighted by Gasteiger charge is -2.32. The first-order chi connectivity index (χ1) is 13.4. The summed E-state index contributed by atoms with van der Waals surface area (Å²) in [6.07, 6.45) is 6.07. The van der Waals surface area contributed by atoms with E-state index in [2.05, 4.69) is 20.6 Å². The molecule has 2 aromatic heterocycles. The Kier molecular flexibility index (Phi) is 6.99. The van der Waals surface area contributed by atoms with Crippen LogP contribution in [0.4, 0.5) is 0 Å². The smallest absolute Gasteiger partial charge is 0.271 e. The van der Waals surface area contributed by atoms with E-state index < -0.39 is 11.8 Å². The Morgan fingerprint density at radius 1 is 0.786 bits per heavy atom. The second-order valence-electron chi connectivity index (χ2n) is 6.36. The van der Waals surface area contributed by atoms with Gasteiger partial charge in [0.15, 0.2) is 0 Å². The van der Waals surface area contributed by atoms with Gasteiger partial charge < -0.3 is 10.6 Å². The van der Waals surface area contributed by atoms with Crippen molar-refractivity contribution < 1.29 is 9.59 Å². The number of carbonyl (C=O) groups excluding carboxylic acids is 2. The van der Waals surface area contributed by atoms with E-state index in [1.165, 1.54) is 24.5 Å². The number of amides is 2. The van der Waals surface area contributed by atoms with Crippen molar-refractivity contribution in [1.82, 2.24) is 20.6 Å². The lowest BCUT2D eigenvalue weighted by molar-refractivity contribution is 0.0858. The zero-order valence-corrected chi connectivity index (χ0v) is 17.5. The molecule has 2 unspecified atom stereocenters. The van der Waals surface area contributed by atoms with Gasteiger partial charge in [-0.1, -0.05) is 59.2 Å². The normalized spacial score (nSPS) is 19.1. The number of pyridine rings is 2. The van der Waals surface area contributed by atoms with Gasteiger partial charge in [-0.2, -0.15) is 0 Å². The predicted octanol–water partition coefficient (Wildman–Crippen LogP) is 4.56. The minimum Gasteiger partial charge on any atom is -0.346 e. The summed E-state index contributed by atoms with van der Waals surface area (Å²) in [5.74, 6) is -0.893. The monoisotopic (exact) mass is 460 g/mol. The quantitative estimate of drug-likeness (QED) is 0.698. The SMILES string of the molecule is O=C(NC1CCCCC1NC(=O)c1nccc(Cl)c1Cl)c1nccc(Cl)c1Cl. The van der Waals surface area contributed by atoms with Gasteiger partial charge in [-0.25, -0.2) is 9.97 Å². The highest BCUT2D eigenvalue weighted by molar-refractivity contribution is 6.44. The van der Waals surface area contributed by atoms with E-state index in [-0.39, 0.29) is 43.6 Å². The lowest BCUT2D eigenvalue weighted by atomic mass is 9.90. The highest BCUT2D eigenvalue weighted by Crippen LogP contribution is 2.26. The topological polar surface area (TPSA) is 84.0 Å². The summed E-state index contributed by atoms with van der Waals surface area (Å²) in [5.41, 5.74) is 0.0914. The van der Waals surface area contributed by atoms with Gasteiger partial charge in [0.25, 0.3) is 11.8 Å². The highest BCUT2D eigenvalue weighted by Gasteiger charge is 2.30. The maximum absolute atomic E-state index is 12.6. The zero-order chi connectivity index (χ0) is 20.3. The lowest BCUT2D eigenvalue weighted by Crippen LogP contribution is -2.53. The van der Waals surface area contributed by atoms with E-state index in [1.54, 1.807) is 0 Å². The molecule has 0 aromatic carbocycles. The van der Waals surface area contributed by atoms with Crippen molar-refractivity contribution in [2.75, 3.05) is 0 Å². The average molecular weight is 462 g/mol. The van der Waals surface area contributed by atoms with Crippen LogP contribution in [0.2, 0.25) is 20.1 Å². The first-order valence-electron chi connectivity index (χ1n) is 8.60. The molecule has 2 atom stereocenters. The molecule has 10 heteroatoms. The molecule has 28 heavy (non-hydrogen) atoms. The highest BCUT2D eigenvalue weighted by atomic mass is 35.5. The molecular weight excluding hydrogens is 446 g/mol. The number of nitrogens with one attached hydrogen (secondary N) is 2. The third-order valence-corrected chi connectivity index (χ3v) is 6.10. The van der Waals surface area contributed by atoms with Crippen LogP contribution in [-0.2, 0) is 0 Å². The molecule has 1 aliphatic rings. The Morgan fingerprint density at radius 2 is 1.18 bits per heavy atom. The van der Waals surface area contributed by atoms with Crippen LogP contribution in [0.5, 0.6) is 0 Å². The van der Waals surface area contributed by atoms with Crippen LogP contribution < -0.4 is 10.6 Å². The number of hydrogen-bond donors (Lipinski definition) is 2. The van der Waals surface area contributed by atoms with Crippen molar-refractivity contribution in [2.45, 2.75) is 37.8 Å². The molecule has 6 nitrogen and oxygen atoms in total. The molecule has 1 fully saturated rings. The van der Waals surface area contributed by atoms with Gasteiger partial charge in [0.1, 0.15) is 11.4 Å². The minimum absolute atomic E-state index is 0.0457. The van der Waals surface area contributed by atoms with Crippen molar-refractivity contribution >= 4 is 58.2 Å². The fraction of sp³-hybridized carbons (Fsp3) is 0.333. The fourth-order valence-corrected chi connectivity index (χ4v) is 3.79. The third-order valence-electron chi connectivity index (χ3n) is 4.51. The Bertz CT molecular complexity index is 836. The molecule has 1 aliphatic carbocycles. The van der Waals surface area contributed by atoms with E-state index in [0.717, 1.165) is 12.8 Å². The molecule has 1 saturated carbocycles. The molecule has 0 radical (unpaired) electrons. The van der Waals surface area contributed by atoms with E-state index in [9.17, 15) is 9.59 Å². The summed E-state index contributed by atoms with van der Waals surface area (Å²) in [6.45, 7) is 0. The predicted molar refractivity (Wildman–Crippen MR) is 109 cm³/mol. The Balaban J connectivity index is 1.73. The molecule has 0 saturated heterocycles. The number of hydrogen-bond acceptors (Lipinski definition) is 4. The van der Waals surface area contributed by atoms with Crippen molar-refractivity contribution in [1.29, 1.82) is 0 Å². The first-order valence-corrected chi connectivity index (χ1v) is 10.1. The summed E-state index contributed by atoms with van der Waals surface area (Å²) < 4.78 is 0. The Morgan fingerprint density at radius 3 is 1.57 bits per heavy atom. The molecule has 2 aromatic rings. The van der Waals surface area contributed by atoms with Gasteiger partial charge in [-0.15, -0.1) is 0 Å². The van der Waals surface area contributed by atoms with E-state index in [4.69, 9.17) is 46.4 Å². The van der Waals surface area contributed by atoms with E-state index in [1.807, 2.05) is 0 Å². The van der Waals surface area contributed by atoms with Gasteiger partial charge >= 0.3 is 0 Å². The van der Waals surface area contributed by atoms with Gasteiger partial charge in [0.2, 0.25) is 0 Å². The molecule has 0 aliphatic heterocycles. The standard InChI is InChI=1S/C18H16Cl4N4O2/c19-9-5-7-23-15(13(9)21)17(27)25-11-3-1-2-4-12(11)26-18(28)16-14(22)10(20)6-8-24-16/h5-8,11-12H,1-4H2,(H,25,27)(H,26,28). The maximum atomic E-state index is 12.6. The van der Waals surface area contributed by atoms with Crippen LogP contribution in [0.25, 0.3) is 0 Å². The number of carbonyl (C=O) groups is 2. The van der Waals surface area contributed by atoms with E-state index in [0.29, 0.717) is 12.8 Å². The van der Waals surface area contributed by atoms with Crippen LogP contribution in [0, 0.1) is 0 Å². The van der Waals surface area contributed by atoms with Crippen LogP contribution in [-0.4, -0.2) is 33.9 Å². The van der Waals surface area contributed by atoms with Gasteiger partial charge in [0, 0.05) is 24.5 Å². The van der Waals surface area contributed by atoms with Crippen molar-refractivity contribution in [3.63, 3.8) is 0 Å². The molecule has 2 heterocycles. The van der Waals surface area contributed by atoms with Crippen LogP contribution in [0.15, 0.2) is 24.5 Å². The summed E-state index contributed by atoms with van der Waals surface area (Å²) in [6, 6.07) is 2.43. The van der Waals surface area contributed by atoms with Gasteiger partial charge in [-0.3, -0.25) is 9.59 Å². The summed E-state index contributed by atoms with van der Waals surface area (Å²) >= 11 is 24.1. The fourth-order valence-electron chi connectivity index (χ4n) is 3.11. The third kappa shape index (κ3) is 4.69. The molecule has 2 amide bonds. The van der Waals surface area contributed by atoms with E-state index >= 15 is 0 Å². The zero-order valence-electron chi connectivity index (χ0n) is 14.5. The van der Waals surface area contributed by atoms with Crippen LogP contribution in [0.1, 0.15) is 46.7 Å². The molecule has 0 spiro atoms. The number of halogens is 4. The number of aromatic nitrogens is 2. The van der Waals surface area contributed by atoms with Gasteiger partial charge in [0.05, 0.1) is 20.1 Å². The second kappa shape index (κ2) is 9.27. The minimum atomic E-state index is -0.447. The first kappa shape index (κ1) is 21.1. The molecule has 3 rings (SSSR count). The number of rotatable bonds is 4.